The monoisotopic (exact) mass is 236 g/mol. The second kappa shape index (κ2) is 4.63. The quantitative estimate of drug-likeness (QED) is 0.757. The number of hydrogen-bond donors (Lipinski definition) is 0. The molecule has 1 aromatic heterocycles. The smallest absolute Gasteiger partial charge is 0.217 e. The van der Waals surface area contributed by atoms with Gasteiger partial charge in [0.1, 0.15) is 0 Å². The first-order chi connectivity index (χ1) is 8.34. The molecule has 2 heterocycles. The molecule has 92 valence electrons. The molecule has 0 N–H and O–H groups in total. The average molecular weight is 236 g/mol. The van der Waals surface area contributed by atoms with E-state index in [1.165, 1.54) is 0 Å². The van der Waals surface area contributed by atoms with Crippen LogP contribution in [-0.4, -0.2) is 19.0 Å². The van der Waals surface area contributed by atoms with Gasteiger partial charge >= 0.3 is 0 Å². The molecular weight excluding hydrogens is 220 g/mol. The molecular formula is C13H16O4. The van der Waals surface area contributed by atoms with Gasteiger partial charge in [-0.15, -0.1) is 0 Å². The summed E-state index contributed by atoms with van der Waals surface area (Å²) in [4.78, 5) is 12.1. The van der Waals surface area contributed by atoms with Gasteiger partial charge in [-0.3, -0.25) is 4.79 Å². The lowest BCUT2D eigenvalue weighted by molar-refractivity contribution is -0.0591. The summed E-state index contributed by atoms with van der Waals surface area (Å²) in [5.41, 5.74) is 0. The van der Waals surface area contributed by atoms with Crippen molar-refractivity contribution in [2.24, 2.45) is 5.92 Å². The zero-order valence-electron chi connectivity index (χ0n) is 9.69. The van der Waals surface area contributed by atoms with Crippen LogP contribution in [-0.2, 0) is 9.47 Å². The van der Waals surface area contributed by atoms with Gasteiger partial charge in [-0.25, -0.2) is 0 Å². The average Bonchev–Trinajstić information content (AvgIpc) is 3.09. The van der Waals surface area contributed by atoms with Gasteiger partial charge in [-0.2, -0.15) is 0 Å². The third-order valence-corrected chi connectivity index (χ3v) is 3.45. The molecule has 0 atom stereocenters. The summed E-state index contributed by atoms with van der Waals surface area (Å²) in [5.74, 6) is 1.33. The molecule has 0 spiro atoms. The minimum Gasteiger partial charge on any atom is -0.453 e. The first kappa shape index (κ1) is 11.0. The molecule has 2 aliphatic rings. The lowest BCUT2D eigenvalue weighted by Gasteiger charge is -2.06. The fourth-order valence-corrected chi connectivity index (χ4v) is 2.52. The molecule has 1 aliphatic heterocycles. The lowest BCUT2D eigenvalue weighted by Crippen LogP contribution is -2.09. The number of carbonyl (C=O) groups is 1. The fourth-order valence-electron chi connectivity index (χ4n) is 2.52. The summed E-state index contributed by atoms with van der Waals surface area (Å²) in [6, 6.07) is 3.51. The van der Waals surface area contributed by atoms with Crippen LogP contribution in [0, 0.1) is 5.92 Å². The standard InChI is InChI=1S/C13H16O4/c14-12(9-3-1-2-4-9)10-5-6-11(17-10)13-15-7-8-16-13/h5-6,9,13H,1-4,7-8H2. The van der Waals surface area contributed by atoms with Crippen LogP contribution in [0.4, 0.5) is 0 Å². The Morgan fingerprint density at radius 2 is 1.82 bits per heavy atom. The highest BCUT2D eigenvalue weighted by molar-refractivity contribution is 5.95. The van der Waals surface area contributed by atoms with Gasteiger partial charge in [-0.05, 0) is 25.0 Å². The Morgan fingerprint density at radius 1 is 1.12 bits per heavy atom. The molecule has 0 bridgehead atoms. The number of ether oxygens (including phenoxy) is 2. The first-order valence-electron chi connectivity index (χ1n) is 6.22. The molecule has 4 nitrogen and oxygen atoms in total. The second-order valence-electron chi connectivity index (χ2n) is 4.62. The van der Waals surface area contributed by atoms with E-state index in [0.717, 1.165) is 25.7 Å². The molecule has 1 aliphatic carbocycles. The van der Waals surface area contributed by atoms with Gasteiger partial charge in [0, 0.05) is 5.92 Å². The van der Waals surface area contributed by atoms with E-state index in [1.54, 1.807) is 12.1 Å². The van der Waals surface area contributed by atoms with Crippen LogP contribution in [0.15, 0.2) is 16.5 Å². The van der Waals surface area contributed by atoms with Crippen molar-refractivity contribution in [1.29, 1.82) is 0 Å². The van der Waals surface area contributed by atoms with Crippen LogP contribution in [0.1, 0.15) is 48.3 Å². The SMILES string of the molecule is O=C(c1ccc(C2OCCO2)o1)C1CCCC1. The maximum absolute atomic E-state index is 12.1. The summed E-state index contributed by atoms with van der Waals surface area (Å²) in [5, 5.41) is 0. The number of ketones is 1. The molecule has 1 saturated heterocycles. The largest absolute Gasteiger partial charge is 0.453 e. The molecule has 3 rings (SSSR count). The highest BCUT2D eigenvalue weighted by Crippen LogP contribution is 2.30. The van der Waals surface area contributed by atoms with E-state index in [9.17, 15) is 4.79 Å². The molecule has 0 unspecified atom stereocenters. The topological polar surface area (TPSA) is 48.7 Å². The van der Waals surface area contributed by atoms with E-state index >= 15 is 0 Å². The number of Topliss-reactive ketones (excluding diaryl/α,β-unsaturated/α-hetero) is 1. The van der Waals surface area contributed by atoms with Crippen LogP contribution < -0.4 is 0 Å². The molecule has 0 aromatic carbocycles. The highest BCUT2D eigenvalue weighted by atomic mass is 16.7. The predicted octanol–water partition coefficient (Wildman–Crippen LogP) is 2.70. The van der Waals surface area contributed by atoms with Crippen molar-refractivity contribution >= 4 is 5.78 Å². The van der Waals surface area contributed by atoms with E-state index < -0.39 is 6.29 Å². The Hall–Kier alpha value is -1.13. The Bertz CT molecular complexity index is 397. The zero-order valence-corrected chi connectivity index (χ0v) is 9.69. The fraction of sp³-hybridized carbons (Fsp3) is 0.615. The molecule has 2 fully saturated rings. The Kier molecular flexibility index (Phi) is 2.99. The summed E-state index contributed by atoms with van der Waals surface area (Å²) < 4.78 is 16.2. The van der Waals surface area contributed by atoms with Crippen LogP contribution >= 0.6 is 0 Å². The van der Waals surface area contributed by atoms with Gasteiger partial charge in [-0.1, -0.05) is 12.8 Å². The summed E-state index contributed by atoms with van der Waals surface area (Å²) in [6.07, 6.45) is 3.86. The summed E-state index contributed by atoms with van der Waals surface area (Å²) in [6.45, 7) is 1.16. The minimum atomic E-state index is -0.430. The zero-order chi connectivity index (χ0) is 11.7. The molecule has 1 saturated carbocycles. The Morgan fingerprint density at radius 3 is 2.53 bits per heavy atom. The van der Waals surface area contributed by atoms with Crippen molar-refractivity contribution in [1.82, 2.24) is 0 Å². The third kappa shape index (κ3) is 2.15. The number of furan rings is 1. The number of hydrogen-bond acceptors (Lipinski definition) is 4. The van der Waals surface area contributed by atoms with Crippen molar-refractivity contribution in [3.05, 3.63) is 23.7 Å². The van der Waals surface area contributed by atoms with Crippen molar-refractivity contribution in [2.45, 2.75) is 32.0 Å². The summed E-state index contributed by atoms with van der Waals surface area (Å²) in [7, 11) is 0. The van der Waals surface area contributed by atoms with E-state index in [4.69, 9.17) is 13.9 Å². The van der Waals surface area contributed by atoms with Gasteiger partial charge in [0.2, 0.25) is 12.1 Å². The number of rotatable bonds is 3. The van der Waals surface area contributed by atoms with Crippen molar-refractivity contribution in [3.8, 4) is 0 Å². The maximum atomic E-state index is 12.1. The van der Waals surface area contributed by atoms with E-state index in [-0.39, 0.29) is 11.7 Å². The van der Waals surface area contributed by atoms with Crippen LogP contribution in [0.3, 0.4) is 0 Å². The van der Waals surface area contributed by atoms with E-state index in [2.05, 4.69) is 0 Å². The van der Waals surface area contributed by atoms with Crippen LogP contribution in [0.5, 0.6) is 0 Å². The molecule has 1 aromatic rings. The summed E-state index contributed by atoms with van der Waals surface area (Å²) >= 11 is 0. The highest BCUT2D eigenvalue weighted by Gasteiger charge is 2.28. The van der Waals surface area contributed by atoms with Gasteiger partial charge in [0.25, 0.3) is 0 Å². The second-order valence-corrected chi connectivity index (χ2v) is 4.62. The molecule has 17 heavy (non-hydrogen) atoms. The Balaban J connectivity index is 1.72. The van der Waals surface area contributed by atoms with Gasteiger partial charge in [0.15, 0.2) is 11.5 Å². The van der Waals surface area contributed by atoms with E-state index in [0.29, 0.717) is 24.7 Å². The minimum absolute atomic E-state index is 0.131. The Labute approximate surface area is 99.9 Å². The van der Waals surface area contributed by atoms with Crippen molar-refractivity contribution < 1.29 is 18.7 Å². The van der Waals surface area contributed by atoms with Crippen molar-refractivity contribution in [2.75, 3.05) is 13.2 Å². The number of carbonyl (C=O) groups excluding carboxylic acids is 1. The third-order valence-electron chi connectivity index (χ3n) is 3.45. The molecule has 0 amide bonds. The first-order valence-corrected chi connectivity index (χ1v) is 6.22. The lowest BCUT2D eigenvalue weighted by atomic mass is 10.0. The van der Waals surface area contributed by atoms with Crippen LogP contribution in [0.25, 0.3) is 0 Å². The molecule has 0 radical (unpaired) electrons. The van der Waals surface area contributed by atoms with Gasteiger partial charge in [0.05, 0.1) is 13.2 Å². The molecule has 4 heteroatoms. The van der Waals surface area contributed by atoms with E-state index in [1.807, 2.05) is 0 Å². The maximum Gasteiger partial charge on any atom is 0.217 e. The normalized spacial score (nSPS) is 22.4. The predicted molar refractivity (Wildman–Crippen MR) is 59.6 cm³/mol. The van der Waals surface area contributed by atoms with Crippen LogP contribution in [0.2, 0.25) is 0 Å². The van der Waals surface area contributed by atoms with Gasteiger partial charge < -0.3 is 13.9 Å². The van der Waals surface area contributed by atoms with Crippen molar-refractivity contribution in [3.63, 3.8) is 0 Å².